The number of carbonyl (C=O) groups excluding carboxylic acids is 1. The van der Waals surface area contributed by atoms with Crippen molar-refractivity contribution in [2.75, 3.05) is 6.26 Å². The molecule has 0 amide bonds. The molecule has 0 aliphatic rings. The predicted octanol–water partition coefficient (Wildman–Crippen LogP) is 2.36. The molecule has 1 rings (SSSR count). The molecule has 1 aromatic carbocycles. The van der Waals surface area contributed by atoms with E-state index in [1.807, 2.05) is 0 Å². The molecule has 3 heteroatoms. The number of thioether (sulfide) groups is 1. The number of aldehydes is 1. The van der Waals surface area contributed by atoms with Gasteiger partial charge in [-0.2, -0.15) is 0 Å². The third-order valence-corrected chi connectivity index (χ3v) is 2.10. The second-order valence-electron chi connectivity index (χ2n) is 1.98. The number of halogens is 1. The summed E-state index contributed by atoms with van der Waals surface area (Å²) in [6, 6.07) is 4.77. The second kappa shape index (κ2) is 3.53. The molecule has 0 fully saturated rings. The molecule has 0 atom stereocenters. The minimum Gasteiger partial charge on any atom is -0.298 e. The standard InChI is InChI=1S/C8H7FOS/c1-11-7-4-2-3-6(5-10)8(7)9/h2-5H,1H3. The van der Waals surface area contributed by atoms with Gasteiger partial charge in [0.15, 0.2) is 6.29 Å². The van der Waals surface area contributed by atoms with Crippen molar-refractivity contribution in [1.29, 1.82) is 0 Å². The summed E-state index contributed by atoms with van der Waals surface area (Å²) in [6.45, 7) is 0. The van der Waals surface area contributed by atoms with E-state index in [2.05, 4.69) is 0 Å². The molecule has 1 aromatic rings. The van der Waals surface area contributed by atoms with Gasteiger partial charge in [-0.25, -0.2) is 4.39 Å². The van der Waals surface area contributed by atoms with Gasteiger partial charge in [-0.3, -0.25) is 4.79 Å². The monoisotopic (exact) mass is 170 g/mol. The lowest BCUT2D eigenvalue weighted by molar-refractivity contribution is 0.111. The lowest BCUT2D eigenvalue weighted by atomic mass is 10.2. The van der Waals surface area contributed by atoms with Crippen LogP contribution in [0.15, 0.2) is 23.1 Å². The van der Waals surface area contributed by atoms with E-state index in [9.17, 15) is 9.18 Å². The van der Waals surface area contributed by atoms with Gasteiger partial charge >= 0.3 is 0 Å². The molecule has 0 unspecified atom stereocenters. The summed E-state index contributed by atoms with van der Waals surface area (Å²) in [6.07, 6.45) is 2.29. The Morgan fingerprint density at radius 3 is 2.82 bits per heavy atom. The summed E-state index contributed by atoms with van der Waals surface area (Å²) in [7, 11) is 0. The Kier molecular flexibility index (Phi) is 2.65. The summed E-state index contributed by atoms with van der Waals surface area (Å²) in [5.74, 6) is -0.421. The first-order valence-corrected chi connectivity index (χ1v) is 4.29. The minimum absolute atomic E-state index is 0.122. The van der Waals surface area contributed by atoms with Crippen LogP contribution < -0.4 is 0 Å². The van der Waals surface area contributed by atoms with Crippen LogP contribution in [0.25, 0.3) is 0 Å². The maximum absolute atomic E-state index is 13.0. The largest absolute Gasteiger partial charge is 0.298 e. The summed E-state index contributed by atoms with van der Waals surface area (Å²) in [5, 5.41) is 0. The van der Waals surface area contributed by atoms with E-state index in [1.54, 1.807) is 18.4 Å². The topological polar surface area (TPSA) is 17.1 Å². The Hall–Kier alpha value is -0.830. The molecular formula is C8H7FOS. The number of hydrogen-bond acceptors (Lipinski definition) is 2. The van der Waals surface area contributed by atoms with E-state index in [4.69, 9.17) is 0 Å². The van der Waals surface area contributed by atoms with E-state index < -0.39 is 5.82 Å². The number of benzene rings is 1. The zero-order valence-corrected chi connectivity index (χ0v) is 6.82. The fourth-order valence-corrected chi connectivity index (χ4v) is 1.29. The van der Waals surface area contributed by atoms with Gasteiger partial charge in [0.25, 0.3) is 0 Å². The number of rotatable bonds is 2. The van der Waals surface area contributed by atoms with Crippen molar-refractivity contribution in [1.82, 2.24) is 0 Å². The third-order valence-electron chi connectivity index (χ3n) is 1.34. The zero-order valence-electron chi connectivity index (χ0n) is 6.00. The molecule has 0 spiro atoms. The van der Waals surface area contributed by atoms with Crippen LogP contribution in [0.4, 0.5) is 4.39 Å². The summed E-state index contributed by atoms with van der Waals surface area (Å²) in [4.78, 5) is 10.8. The minimum atomic E-state index is -0.421. The molecule has 0 radical (unpaired) electrons. The first kappa shape index (κ1) is 8.27. The van der Waals surface area contributed by atoms with Gasteiger partial charge in [-0.05, 0) is 18.4 Å². The lowest BCUT2D eigenvalue weighted by Gasteiger charge is -1.99. The van der Waals surface area contributed by atoms with Crippen molar-refractivity contribution in [3.63, 3.8) is 0 Å². The fourth-order valence-electron chi connectivity index (χ4n) is 0.776. The van der Waals surface area contributed by atoms with Gasteiger partial charge < -0.3 is 0 Å². The average Bonchev–Trinajstić information content (AvgIpc) is 2.05. The van der Waals surface area contributed by atoms with Crippen molar-refractivity contribution in [3.8, 4) is 0 Å². The van der Waals surface area contributed by atoms with Crippen LogP contribution in [0.1, 0.15) is 10.4 Å². The van der Waals surface area contributed by atoms with Crippen LogP contribution in [-0.4, -0.2) is 12.5 Å². The fraction of sp³-hybridized carbons (Fsp3) is 0.125. The smallest absolute Gasteiger partial charge is 0.153 e. The Balaban J connectivity index is 3.20. The van der Waals surface area contributed by atoms with E-state index in [0.29, 0.717) is 11.2 Å². The van der Waals surface area contributed by atoms with Crippen LogP contribution in [0.3, 0.4) is 0 Å². The highest BCUT2D eigenvalue weighted by atomic mass is 32.2. The van der Waals surface area contributed by atoms with Crippen molar-refractivity contribution in [2.45, 2.75) is 4.90 Å². The van der Waals surface area contributed by atoms with Gasteiger partial charge in [-0.15, -0.1) is 11.8 Å². The Bertz CT molecular complexity index is 273. The van der Waals surface area contributed by atoms with Crippen LogP contribution in [0, 0.1) is 5.82 Å². The maximum Gasteiger partial charge on any atom is 0.153 e. The molecule has 0 aromatic heterocycles. The molecule has 58 valence electrons. The Morgan fingerprint density at radius 2 is 2.27 bits per heavy atom. The van der Waals surface area contributed by atoms with Crippen molar-refractivity contribution in [2.24, 2.45) is 0 Å². The number of hydrogen-bond donors (Lipinski definition) is 0. The first-order valence-electron chi connectivity index (χ1n) is 3.07. The van der Waals surface area contributed by atoms with Crippen LogP contribution in [-0.2, 0) is 0 Å². The van der Waals surface area contributed by atoms with Gasteiger partial charge in [0.2, 0.25) is 0 Å². The highest BCUT2D eigenvalue weighted by Gasteiger charge is 2.04. The molecule has 0 saturated heterocycles. The molecule has 0 aliphatic heterocycles. The molecule has 0 N–H and O–H groups in total. The van der Waals surface area contributed by atoms with Gasteiger partial charge in [0.1, 0.15) is 5.82 Å². The van der Waals surface area contributed by atoms with E-state index in [1.165, 1.54) is 17.8 Å². The molecular weight excluding hydrogens is 163 g/mol. The van der Waals surface area contributed by atoms with Gasteiger partial charge in [0, 0.05) is 4.90 Å². The van der Waals surface area contributed by atoms with Crippen LogP contribution in [0.5, 0.6) is 0 Å². The highest BCUT2D eigenvalue weighted by molar-refractivity contribution is 7.98. The Labute approximate surface area is 68.6 Å². The molecule has 1 nitrogen and oxygen atoms in total. The van der Waals surface area contributed by atoms with E-state index in [0.717, 1.165) is 0 Å². The van der Waals surface area contributed by atoms with E-state index >= 15 is 0 Å². The molecule has 0 heterocycles. The molecule has 0 bridgehead atoms. The predicted molar refractivity (Wildman–Crippen MR) is 43.6 cm³/mol. The SMILES string of the molecule is CSc1cccc(C=O)c1F. The quantitative estimate of drug-likeness (QED) is 0.500. The van der Waals surface area contributed by atoms with Gasteiger partial charge in [-0.1, -0.05) is 6.07 Å². The highest BCUT2D eigenvalue weighted by Crippen LogP contribution is 2.20. The molecule has 0 saturated carbocycles. The summed E-state index contributed by atoms with van der Waals surface area (Å²) >= 11 is 1.29. The maximum atomic E-state index is 13.0. The van der Waals surface area contributed by atoms with Crippen LogP contribution >= 0.6 is 11.8 Å². The molecule has 0 aliphatic carbocycles. The lowest BCUT2D eigenvalue weighted by Crippen LogP contribution is -1.88. The van der Waals surface area contributed by atoms with Crippen molar-refractivity contribution >= 4 is 18.0 Å². The van der Waals surface area contributed by atoms with Crippen LogP contribution in [0.2, 0.25) is 0 Å². The van der Waals surface area contributed by atoms with Gasteiger partial charge in [0.05, 0.1) is 5.56 Å². The summed E-state index contributed by atoms with van der Waals surface area (Å²) < 4.78 is 13.0. The van der Waals surface area contributed by atoms with Crippen molar-refractivity contribution in [3.05, 3.63) is 29.6 Å². The number of carbonyl (C=O) groups is 1. The second-order valence-corrected chi connectivity index (χ2v) is 2.83. The summed E-state index contributed by atoms with van der Waals surface area (Å²) in [5.41, 5.74) is 0.122. The average molecular weight is 170 g/mol. The third kappa shape index (κ3) is 1.60. The molecule has 11 heavy (non-hydrogen) atoms. The normalized spacial score (nSPS) is 9.64. The zero-order chi connectivity index (χ0) is 8.27. The van der Waals surface area contributed by atoms with E-state index in [-0.39, 0.29) is 5.56 Å². The van der Waals surface area contributed by atoms with Crippen molar-refractivity contribution < 1.29 is 9.18 Å². The Morgan fingerprint density at radius 1 is 1.55 bits per heavy atom. The first-order chi connectivity index (χ1) is 5.29.